The number of carbonyl (C=O) groups excluding carboxylic acids is 1. The maximum absolute atomic E-state index is 12.0. The third kappa shape index (κ3) is 4.09. The third-order valence-electron chi connectivity index (χ3n) is 3.62. The Morgan fingerprint density at radius 2 is 2.30 bits per heavy atom. The molecule has 1 heterocycles. The van der Waals surface area contributed by atoms with Crippen molar-refractivity contribution in [1.29, 1.82) is 0 Å². The molecule has 110 valence electrons. The number of benzene rings is 1. The van der Waals surface area contributed by atoms with Crippen LogP contribution in [0.4, 0.5) is 5.69 Å². The quantitative estimate of drug-likeness (QED) is 0.898. The molecule has 0 spiro atoms. The fourth-order valence-electron chi connectivity index (χ4n) is 2.42. The highest BCUT2D eigenvalue weighted by molar-refractivity contribution is 6.35. The van der Waals surface area contributed by atoms with Gasteiger partial charge in [-0.2, -0.15) is 0 Å². The average Bonchev–Trinajstić information content (AvgIpc) is 2.82. The Bertz CT molecular complexity index is 493. The van der Waals surface area contributed by atoms with Crippen molar-refractivity contribution >= 4 is 34.8 Å². The molecule has 0 radical (unpaired) electrons. The van der Waals surface area contributed by atoms with Gasteiger partial charge in [-0.1, -0.05) is 23.2 Å². The maximum atomic E-state index is 12.0. The molecule has 1 aliphatic heterocycles. The molecule has 0 aliphatic carbocycles. The summed E-state index contributed by atoms with van der Waals surface area (Å²) in [6.45, 7) is 4.14. The minimum absolute atomic E-state index is 0.0838. The van der Waals surface area contributed by atoms with E-state index in [1.165, 1.54) is 0 Å². The number of nitrogens with one attached hydrogen (secondary N) is 1. The van der Waals surface area contributed by atoms with Crippen molar-refractivity contribution < 1.29 is 4.79 Å². The van der Waals surface area contributed by atoms with E-state index in [-0.39, 0.29) is 11.9 Å². The normalized spacial score (nSPS) is 20.9. The fourth-order valence-corrected chi connectivity index (χ4v) is 2.76. The Morgan fingerprint density at radius 1 is 1.55 bits per heavy atom. The number of hydrogen-bond acceptors (Lipinski definition) is 3. The molecule has 1 fully saturated rings. The lowest BCUT2D eigenvalue weighted by molar-refractivity contribution is -0.117. The highest BCUT2D eigenvalue weighted by Gasteiger charge is 2.26. The van der Waals surface area contributed by atoms with Gasteiger partial charge in [-0.3, -0.25) is 9.69 Å². The summed E-state index contributed by atoms with van der Waals surface area (Å²) >= 11 is 11.9. The Balaban J connectivity index is 1.88. The van der Waals surface area contributed by atoms with Crippen molar-refractivity contribution in [3.05, 3.63) is 28.2 Å². The standard InChI is InChI=1S/C14H19Cl2N3O/c1-9(17)10-4-5-19(7-10)8-14(20)18-13-6-11(15)2-3-12(13)16/h2-3,6,9-10H,4-5,7-8,17H2,1H3,(H,18,20). The van der Waals surface area contributed by atoms with E-state index in [4.69, 9.17) is 28.9 Å². The van der Waals surface area contributed by atoms with Gasteiger partial charge in [-0.15, -0.1) is 0 Å². The molecule has 20 heavy (non-hydrogen) atoms. The van der Waals surface area contributed by atoms with Gasteiger partial charge in [0.05, 0.1) is 17.3 Å². The lowest BCUT2D eigenvalue weighted by atomic mass is 10.0. The van der Waals surface area contributed by atoms with Gasteiger partial charge in [0.25, 0.3) is 0 Å². The molecule has 4 nitrogen and oxygen atoms in total. The van der Waals surface area contributed by atoms with E-state index in [0.717, 1.165) is 19.5 Å². The number of hydrogen-bond donors (Lipinski definition) is 2. The van der Waals surface area contributed by atoms with Gasteiger partial charge < -0.3 is 11.1 Å². The molecule has 3 N–H and O–H groups in total. The van der Waals surface area contributed by atoms with E-state index in [1.807, 2.05) is 6.92 Å². The van der Waals surface area contributed by atoms with Crippen LogP contribution in [-0.2, 0) is 4.79 Å². The fraction of sp³-hybridized carbons (Fsp3) is 0.500. The zero-order valence-corrected chi connectivity index (χ0v) is 12.9. The Morgan fingerprint density at radius 3 is 2.95 bits per heavy atom. The van der Waals surface area contributed by atoms with Gasteiger partial charge in [0.2, 0.25) is 5.91 Å². The number of halogens is 2. The zero-order chi connectivity index (χ0) is 14.7. The van der Waals surface area contributed by atoms with Gasteiger partial charge in [-0.25, -0.2) is 0 Å². The van der Waals surface area contributed by atoms with Gasteiger partial charge >= 0.3 is 0 Å². The summed E-state index contributed by atoms with van der Waals surface area (Å²) in [5.41, 5.74) is 6.44. The summed E-state index contributed by atoms with van der Waals surface area (Å²) < 4.78 is 0. The molecule has 0 saturated carbocycles. The molecule has 1 saturated heterocycles. The van der Waals surface area contributed by atoms with Crippen molar-refractivity contribution in [2.75, 3.05) is 25.0 Å². The molecule has 0 aromatic heterocycles. The maximum Gasteiger partial charge on any atom is 0.238 e. The summed E-state index contributed by atoms with van der Waals surface area (Å²) in [5, 5.41) is 3.82. The first-order valence-corrected chi connectivity index (χ1v) is 7.44. The van der Waals surface area contributed by atoms with Crippen molar-refractivity contribution in [3.8, 4) is 0 Å². The number of rotatable bonds is 4. The van der Waals surface area contributed by atoms with E-state index in [2.05, 4.69) is 10.2 Å². The second kappa shape index (κ2) is 6.76. The molecule has 2 rings (SSSR count). The van der Waals surface area contributed by atoms with Crippen molar-refractivity contribution in [1.82, 2.24) is 4.90 Å². The molecule has 0 bridgehead atoms. The van der Waals surface area contributed by atoms with Crippen molar-refractivity contribution in [2.24, 2.45) is 11.7 Å². The first-order valence-electron chi connectivity index (χ1n) is 6.68. The number of anilines is 1. The third-order valence-corrected chi connectivity index (χ3v) is 4.19. The lowest BCUT2D eigenvalue weighted by Crippen LogP contribution is -2.34. The van der Waals surface area contributed by atoms with Crippen LogP contribution in [0.2, 0.25) is 10.0 Å². The molecule has 6 heteroatoms. The molecule has 1 amide bonds. The zero-order valence-electron chi connectivity index (χ0n) is 11.4. The average molecular weight is 316 g/mol. The highest BCUT2D eigenvalue weighted by Crippen LogP contribution is 2.25. The van der Waals surface area contributed by atoms with Crippen LogP contribution in [0.5, 0.6) is 0 Å². The molecule has 2 atom stereocenters. The molecule has 1 aliphatic rings. The van der Waals surface area contributed by atoms with E-state index in [9.17, 15) is 4.79 Å². The van der Waals surface area contributed by atoms with Crippen molar-refractivity contribution in [2.45, 2.75) is 19.4 Å². The highest BCUT2D eigenvalue weighted by atomic mass is 35.5. The number of nitrogens with zero attached hydrogens (tertiary/aromatic N) is 1. The van der Waals surface area contributed by atoms with Crippen LogP contribution in [0.15, 0.2) is 18.2 Å². The monoisotopic (exact) mass is 315 g/mol. The summed E-state index contributed by atoms with van der Waals surface area (Å²) in [4.78, 5) is 14.1. The topological polar surface area (TPSA) is 58.4 Å². The van der Waals surface area contributed by atoms with Crippen molar-refractivity contribution in [3.63, 3.8) is 0 Å². The van der Waals surface area contributed by atoms with Crippen LogP contribution in [0.25, 0.3) is 0 Å². The number of nitrogens with two attached hydrogens (primary N) is 1. The number of amides is 1. The second-order valence-electron chi connectivity index (χ2n) is 5.32. The van der Waals surface area contributed by atoms with Crippen LogP contribution >= 0.6 is 23.2 Å². The van der Waals surface area contributed by atoms with Crippen LogP contribution in [-0.4, -0.2) is 36.5 Å². The number of carbonyl (C=O) groups is 1. The van der Waals surface area contributed by atoms with E-state index in [1.54, 1.807) is 18.2 Å². The molecule has 1 aromatic carbocycles. The van der Waals surface area contributed by atoms with Crippen LogP contribution in [0.1, 0.15) is 13.3 Å². The van der Waals surface area contributed by atoms with E-state index < -0.39 is 0 Å². The Kier molecular flexibility index (Phi) is 5.27. The van der Waals surface area contributed by atoms with Crippen LogP contribution in [0.3, 0.4) is 0 Å². The Labute approximate surface area is 129 Å². The predicted molar refractivity (Wildman–Crippen MR) is 83.3 cm³/mol. The van der Waals surface area contributed by atoms with Gasteiger partial charge in [-0.05, 0) is 44.0 Å². The van der Waals surface area contributed by atoms with Gasteiger partial charge in [0.1, 0.15) is 0 Å². The second-order valence-corrected chi connectivity index (χ2v) is 6.16. The molecular formula is C14H19Cl2N3O. The summed E-state index contributed by atoms with van der Waals surface area (Å²) in [6.07, 6.45) is 1.04. The Hall–Kier alpha value is -0.810. The lowest BCUT2D eigenvalue weighted by Gasteiger charge is -2.17. The minimum Gasteiger partial charge on any atom is -0.328 e. The first-order chi connectivity index (χ1) is 9.45. The minimum atomic E-state index is -0.0838. The van der Waals surface area contributed by atoms with Gasteiger partial charge in [0.15, 0.2) is 0 Å². The predicted octanol–water partition coefficient (Wildman–Crippen LogP) is 2.60. The molecular weight excluding hydrogens is 297 g/mol. The van der Waals surface area contributed by atoms with Gasteiger partial charge in [0, 0.05) is 17.6 Å². The summed E-state index contributed by atoms with van der Waals surface area (Å²) in [6, 6.07) is 5.18. The summed E-state index contributed by atoms with van der Waals surface area (Å²) in [7, 11) is 0. The van der Waals surface area contributed by atoms with E-state index >= 15 is 0 Å². The molecule has 1 aromatic rings. The number of likely N-dealkylation sites (tertiary alicyclic amines) is 1. The molecule has 2 unspecified atom stereocenters. The first kappa shape index (κ1) is 15.6. The largest absolute Gasteiger partial charge is 0.328 e. The smallest absolute Gasteiger partial charge is 0.238 e. The van der Waals surface area contributed by atoms with E-state index in [0.29, 0.717) is 28.2 Å². The van der Waals surface area contributed by atoms with Crippen LogP contribution in [0, 0.1) is 5.92 Å². The summed E-state index contributed by atoms with van der Waals surface area (Å²) in [5.74, 6) is 0.386. The van der Waals surface area contributed by atoms with Crippen LogP contribution < -0.4 is 11.1 Å². The SMILES string of the molecule is CC(N)C1CCN(CC(=O)Nc2cc(Cl)ccc2Cl)C1.